The molecule has 0 aromatic heterocycles. The summed E-state index contributed by atoms with van der Waals surface area (Å²) in [6, 6.07) is 8.20. The maximum absolute atomic E-state index is 12.5. The number of hydrogen-bond acceptors (Lipinski definition) is 8. The average Bonchev–Trinajstić information content (AvgIpc) is 2.97. The lowest BCUT2D eigenvalue weighted by molar-refractivity contribution is -0.202. The highest BCUT2D eigenvalue weighted by Crippen LogP contribution is 2.20. The Morgan fingerprint density at radius 2 is 1.48 bits per heavy atom. The average molecular weight is 566 g/mol. The highest BCUT2D eigenvalue weighted by atomic mass is 16.6. The number of amides is 2. The molecule has 0 spiro atoms. The molecule has 1 aliphatic heterocycles. The van der Waals surface area contributed by atoms with Crippen LogP contribution in [0.2, 0.25) is 0 Å². The molecule has 0 radical (unpaired) electrons. The summed E-state index contributed by atoms with van der Waals surface area (Å²) >= 11 is 0. The van der Waals surface area contributed by atoms with Crippen LogP contribution in [0.4, 0.5) is 4.79 Å². The molecule has 1 saturated heterocycles. The van der Waals surface area contributed by atoms with Crippen LogP contribution in [0.3, 0.4) is 0 Å². The molecule has 0 bridgehead atoms. The molecule has 40 heavy (non-hydrogen) atoms. The van der Waals surface area contributed by atoms with Gasteiger partial charge in [-0.05, 0) is 18.5 Å². The topological polar surface area (TPSA) is 149 Å². The number of aliphatic hydroxyl groups is 3. The third kappa shape index (κ3) is 13.4. The van der Waals surface area contributed by atoms with E-state index in [1.165, 1.54) is 57.8 Å². The molecule has 0 saturated carbocycles. The molecular weight excluding hydrogens is 514 g/mol. The molecule has 5 atom stereocenters. The van der Waals surface area contributed by atoms with Crippen molar-refractivity contribution in [1.82, 2.24) is 16.0 Å². The number of nitrogens with one attached hydrogen (secondary N) is 3. The van der Waals surface area contributed by atoms with Gasteiger partial charge in [0.15, 0.2) is 0 Å². The van der Waals surface area contributed by atoms with Gasteiger partial charge >= 0.3 is 6.09 Å². The third-order valence-corrected chi connectivity index (χ3v) is 7.24. The first kappa shape index (κ1) is 34.0. The van der Waals surface area contributed by atoms with Crippen LogP contribution in [0.1, 0.15) is 89.5 Å². The van der Waals surface area contributed by atoms with E-state index in [1.807, 2.05) is 30.3 Å². The molecule has 1 heterocycles. The number of hydrogen-bond donors (Lipinski definition) is 6. The van der Waals surface area contributed by atoms with Crippen molar-refractivity contribution < 1.29 is 34.4 Å². The highest BCUT2D eigenvalue weighted by molar-refractivity contribution is 5.82. The number of alkyl carbamates (subject to hydrolysis) is 1. The number of aliphatic hydroxyl groups excluding tert-OH is 3. The van der Waals surface area contributed by atoms with Crippen LogP contribution in [0.25, 0.3) is 0 Å². The summed E-state index contributed by atoms with van der Waals surface area (Å²) in [7, 11) is 0. The molecule has 1 aromatic rings. The monoisotopic (exact) mass is 565 g/mol. The summed E-state index contributed by atoms with van der Waals surface area (Å²) in [6.07, 6.45) is 9.60. The Bertz CT molecular complexity index is 814. The summed E-state index contributed by atoms with van der Waals surface area (Å²) < 4.78 is 10.9. The normalized spacial score (nSPS) is 22.6. The lowest BCUT2D eigenvalue weighted by Crippen LogP contribution is -2.68. The minimum Gasteiger partial charge on any atom is -0.445 e. The fraction of sp³-hybridized carbons (Fsp3) is 0.733. The maximum atomic E-state index is 12.5. The molecule has 2 amide bonds. The molecule has 0 aliphatic carbocycles. The van der Waals surface area contributed by atoms with Crippen molar-refractivity contribution >= 4 is 12.0 Å². The van der Waals surface area contributed by atoms with Crippen LogP contribution in [0.15, 0.2) is 30.3 Å². The number of benzene rings is 1. The Morgan fingerprint density at radius 1 is 0.875 bits per heavy atom. The van der Waals surface area contributed by atoms with Gasteiger partial charge in [-0.1, -0.05) is 108 Å². The van der Waals surface area contributed by atoms with Gasteiger partial charge in [0.25, 0.3) is 0 Å². The Morgan fingerprint density at radius 3 is 2.08 bits per heavy atom. The molecule has 10 heteroatoms. The number of ether oxygens (including phenoxy) is 2. The van der Waals surface area contributed by atoms with Crippen molar-refractivity contribution in [2.24, 2.45) is 0 Å². The van der Waals surface area contributed by atoms with E-state index in [0.717, 1.165) is 24.8 Å². The maximum Gasteiger partial charge on any atom is 0.407 e. The molecule has 2 rings (SSSR count). The smallest absolute Gasteiger partial charge is 0.407 e. The predicted molar refractivity (Wildman–Crippen MR) is 153 cm³/mol. The zero-order chi connectivity index (χ0) is 29.0. The Balaban J connectivity index is 1.67. The largest absolute Gasteiger partial charge is 0.445 e. The lowest BCUT2D eigenvalue weighted by atomic mass is 9.95. The second-order valence-corrected chi connectivity index (χ2v) is 10.6. The van der Waals surface area contributed by atoms with Crippen molar-refractivity contribution in [1.29, 1.82) is 0 Å². The van der Waals surface area contributed by atoms with Crippen LogP contribution >= 0.6 is 0 Å². The standard InChI is InChI=1S/C30H51N3O7/c1-2-3-4-5-6-7-8-9-10-11-12-16-19-31-29-26(28(37)27(36)24(21-34)40-29)33-25(35)20-32-30(38)39-22-23-17-14-13-15-18-23/h13-15,17-18,24,26-29,31,34,36-37H,2-12,16,19-22H2,1H3,(H,32,38)(H,33,35)/t24-,26-,27-,28-,29-/m1/s1. The van der Waals surface area contributed by atoms with E-state index < -0.39 is 49.2 Å². The summed E-state index contributed by atoms with van der Waals surface area (Å²) in [5.74, 6) is -0.573. The summed E-state index contributed by atoms with van der Waals surface area (Å²) in [5.41, 5.74) is 0.819. The lowest BCUT2D eigenvalue weighted by Gasteiger charge is -2.43. The van der Waals surface area contributed by atoms with Gasteiger partial charge in [-0.3, -0.25) is 10.1 Å². The first-order chi connectivity index (χ1) is 19.5. The zero-order valence-electron chi connectivity index (χ0n) is 24.1. The van der Waals surface area contributed by atoms with Crippen LogP contribution < -0.4 is 16.0 Å². The molecule has 10 nitrogen and oxygen atoms in total. The van der Waals surface area contributed by atoms with E-state index in [2.05, 4.69) is 22.9 Å². The Hall–Kier alpha value is -2.24. The van der Waals surface area contributed by atoms with Gasteiger partial charge < -0.3 is 35.4 Å². The Labute approximate surface area is 239 Å². The van der Waals surface area contributed by atoms with Gasteiger partial charge in [0.05, 0.1) is 12.6 Å². The summed E-state index contributed by atoms with van der Waals surface area (Å²) in [4.78, 5) is 24.5. The second kappa shape index (κ2) is 20.6. The van der Waals surface area contributed by atoms with Crippen LogP contribution in [-0.2, 0) is 20.9 Å². The highest BCUT2D eigenvalue weighted by Gasteiger charge is 2.44. The second-order valence-electron chi connectivity index (χ2n) is 10.6. The van der Waals surface area contributed by atoms with E-state index in [4.69, 9.17) is 9.47 Å². The van der Waals surface area contributed by atoms with Crippen molar-refractivity contribution in [2.75, 3.05) is 19.7 Å². The fourth-order valence-electron chi connectivity index (χ4n) is 4.83. The van der Waals surface area contributed by atoms with Gasteiger partial charge in [0, 0.05) is 0 Å². The fourth-order valence-corrected chi connectivity index (χ4v) is 4.83. The molecule has 6 N–H and O–H groups in total. The third-order valence-electron chi connectivity index (χ3n) is 7.24. The van der Waals surface area contributed by atoms with Crippen molar-refractivity contribution in [2.45, 2.75) is 121 Å². The molecule has 1 aliphatic rings. The Kier molecular flexibility index (Phi) is 17.5. The molecule has 0 unspecified atom stereocenters. The van der Waals surface area contributed by atoms with Gasteiger partial charge in [-0.15, -0.1) is 0 Å². The molecule has 1 aromatic carbocycles. The number of rotatable bonds is 20. The van der Waals surface area contributed by atoms with E-state index in [-0.39, 0.29) is 13.2 Å². The van der Waals surface area contributed by atoms with Gasteiger partial charge in [-0.25, -0.2) is 4.79 Å². The molecular formula is C30H51N3O7. The number of carbonyl (C=O) groups excluding carboxylic acids is 2. The summed E-state index contributed by atoms with van der Waals surface area (Å²) in [6.45, 7) is 2.07. The minimum atomic E-state index is -1.37. The van der Waals surface area contributed by atoms with Crippen molar-refractivity contribution in [3.05, 3.63) is 35.9 Å². The predicted octanol–water partition coefficient (Wildman–Crippen LogP) is 3.13. The first-order valence-corrected chi connectivity index (χ1v) is 15.1. The number of carbonyl (C=O) groups is 2. The van der Waals surface area contributed by atoms with Gasteiger partial charge in [0.2, 0.25) is 5.91 Å². The van der Waals surface area contributed by atoms with Gasteiger partial charge in [-0.2, -0.15) is 0 Å². The van der Waals surface area contributed by atoms with Crippen LogP contribution in [-0.4, -0.2) is 77.6 Å². The van der Waals surface area contributed by atoms with Crippen LogP contribution in [0.5, 0.6) is 0 Å². The van der Waals surface area contributed by atoms with Crippen LogP contribution in [0, 0.1) is 0 Å². The quantitative estimate of drug-likeness (QED) is 0.132. The van der Waals surface area contributed by atoms with E-state index in [0.29, 0.717) is 6.54 Å². The summed E-state index contributed by atoms with van der Waals surface area (Å²) in [5, 5.41) is 38.7. The van der Waals surface area contributed by atoms with E-state index in [9.17, 15) is 24.9 Å². The first-order valence-electron chi connectivity index (χ1n) is 15.1. The molecule has 228 valence electrons. The van der Waals surface area contributed by atoms with E-state index >= 15 is 0 Å². The van der Waals surface area contributed by atoms with Crippen molar-refractivity contribution in [3.63, 3.8) is 0 Å². The number of unbranched alkanes of at least 4 members (excludes halogenated alkanes) is 11. The molecule has 1 fully saturated rings. The minimum absolute atomic E-state index is 0.0727. The van der Waals surface area contributed by atoms with E-state index in [1.54, 1.807) is 0 Å². The zero-order valence-corrected chi connectivity index (χ0v) is 24.1. The van der Waals surface area contributed by atoms with Gasteiger partial charge in [0.1, 0.15) is 37.7 Å². The SMILES string of the molecule is CCCCCCCCCCCCCCN[C@@H]1O[C@H](CO)[C@@H](O)[C@H](O)[C@H]1NC(=O)CNC(=O)OCc1ccccc1. The van der Waals surface area contributed by atoms with Crippen molar-refractivity contribution in [3.8, 4) is 0 Å².